The van der Waals surface area contributed by atoms with Gasteiger partial charge in [-0.05, 0) is 35.0 Å². The van der Waals surface area contributed by atoms with Gasteiger partial charge in [-0.3, -0.25) is 9.59 Å². The van der Waals surface area contributed by atoms with Crippen molar-refractivity contribution in [2.45, 2.75) is 0 Å². The Morgan fingerprint density at radius 1 is 0.783 bits per heavy atom. The van der Waals surface area contributed by atoms with E-state index in [-0.39, 0.29) is 18.4 Å². The van der Waals surface area contributed by atoms with E-state index < -0.39 is 0 Å². The molecule has 2 amide bonds. The van der Waals surface area contributed by atoms with Crippen molar-refractivity contribution >= 4 is 28.3 Å². The molecular weight excluding hydrogens is 288 g/mol. The highest BCUT2D eigenvalue weighted by molar-refractivity contribution is 6.01. The second kappa shape index (κ2) is 6.75. The van der Waals surface area contributed by atoms with Gasteiger partial charge in [0.15, 0.2) is 0 Å². The lowest BCUT2D eigenvalue weighted by molar-refractivity contribution is -0.115. The number of anilines is 1. The van der Waals surface area contributed by atoms with E-state index in [9.17, 15) is 9.59 Å². The number of carbonyl (C=O) groups is 2. The second-order valence-electron chi connectivity index (χ2n) is 5.16. The first kappa shape index (κ1) is 14.8. The van der Waals surface area contributed by atoms with Crippen LogP contribution in [0.25, 0.3) is 10.8 Å². The number of fused-ring (bicyclic) bond motifs is 1. The molecule has 0 aliphatic heterocycles. The Kier molecular flexibility index (Phi) is 4.34. The Hall–Kier alpha value is -3.14. The zero-order chi connectivity index (χ0) is 16.1. The summed E-state index contributed by atoms with van der Waals surface area (Å²) >= 11 is 0. The zero-order valence-electron chi connectivity index (χ0n) is 12.5. The first-order chi connectivity index (χ1) is 11.2. The summed E-state index contributed by atoms with van der Waals surface area (Å²) in [7, 11) is 0. The van der Waals surface area contributed by atoms with Gasteiger partial charge in [0.1, 0.15) is 0 Å². The molecule has 3 aromatic rings. The number of carbonyl (C=O) groups excluding carboxylic acids is 2. The van der Waals surface area contributed by atoms with Crippen LogP contribution < -0.4 is 10.6 Å². The predicted octanol–water partition coefficient (Wildman–Crippen LogP) is 3.21. The normalized spacial score (nSPS) is 10.3. The van der Waals surface area contributed by atoms with Crippen LogP contribution in [-0.2, 0) is 4.79 Å². The van der Waals surface area contributed by atoms with Crippen LogP contribution in [-0.4, -0.2) is 18.4 Å². The molecule has 0 fully saturated rings. The Morgan fingerprint density at radius 3 is 2.26 bits per heavy atom. The number of rotatable bonds is 4. The first-order valence-electron chi connectivity index (χ1n) is 7.34. The Balaban J connectivity index is 1.61. The average molecular weight is 304 g/mol. The van der Waals surface area contributed by atoms with E-state index in [2.05, 4.69) is 10.6 Å². The van der Waals surface area contributed by atoms with Gasteiger partial charge in [0, 0.05) is 11.3 Å². The largest absolute Gasteiger partial charge is 0.343 e. The van der Waals surface area contributed by atoms with Gasteiger partial charge < -0.3 is 10.6 Å². The van der Waals surface area contributed by atoms with Crippen LogP contribution in [0.15, 0.2) is 72.8 Å². The molecule has 23 heavy (non-hydrogen) atoms. The number of para-hydroxylation sites is 1. The SMILES string of the molecule is O=C(CNC(=O)c1ccc2ccccc2c1)Nc1ccccc1. The highest BCUT2D eigenvalue weighted by Gasteiger charge is 2.08. The summed E-state index contributed by atoms with van der Waals surface area (Å²) in [4.78, 5) is 24.0. The fourth-order valence-corrected chi connectivity index (χ4v) is 2.32. The van der Waals surface area contributed by atoms with Crippen LogP contribution in [0.2, 0.25) is 0 Å². The standard InChI is InChI=1S/C19H16N2O2/c22-18(21-17-8-2-1-3-9-17)13-20-19(23)16-11-10-14-6-4-5-7-15(14)12-16/h1-12H,13H2,(H,20,23)(H,21,22). The van der Waals surface area contributed by atoms with E-state index in [1.807, 2.05) is 54.6 Å². The fraction of sp³-hybridized carbons (Fsp3) is 0.0526. The third-order valence-electron chi connectivity index (χ3n) is 3.48. The summed E-state index contributed by atoms with van der Waals surface area (Å²) in [5.41, 5.74) is 1.24. The monoisotopic (exact) mass is 304 g/mol. The van der Waals surface area contributed by atoms with E-state index in [4.69, 9.17) is 0 Å². The van der Waals surface area contributed by atoms with Crippen LogP contribution in [0.4, 0.5) is 5.69 Å². The van der Waals surface area contributed by atoms with Gasteiger partial charge in [-0.15, -0.1) is 0 Å². The van der Waals surface area contributed by atoms with Gasteiger partial charge in [-0.1, -0.05) is 48.5 Å². The lowest BCUT2D eigenvalue weighted by Gasteiger charge is -2.07. The zero-order valence-corrected chi connectivity index (χ0v) is 12.5. The van der Waals surface area contributed by atoms with Crippen LogP contribution in [0, 0.1) is 0 Å². The van der Waals surface area contributed by atoms with E-state index in [0.29, 0.717) is 11.3 Å². The van der Waals surface area contributed by atoms with Crippen LogP contribution in [0.1, 0.15) is 10.4 Å². The number of hydrogen-bond donors (Lipinski definition) is 2. The quantitative estimate of drug-likeness (QED) is 0.777. The van der Waals surface area contributed by atoms with Crippen molar-refractivity contribution in [3.05, 3.63) is 78.4 Å². The second-order valence-corrected chi connectivity index (χ2v) is 5.16. The first-order valence-corrected chi connectivity index (χ1v) is 7.34. The summed E-state index contributed by atoms with van der Waals surface area (Å²) in [6.45, 7) is -0.0689. The number of nitrogens with one attached hydrogen (secondary N) is 2. The molecule has 0 bridgehead atoms. The van der Waals surface area contributed by atoms with Crippen molar-refractivity contribution in [1.82, 2.24) is 5.32 Å². The molecule has 3 aromatic carbocycles. The molecule has 0 atom stereocenters. The van der Waals surface area contributed by atoms with Gasteiger partial charge in [0.05, 0.1) is 6.54 Å². The summed E-state index contributed by atoms with van der Waals surface area (Å²) in [5, 5.41) is 7.43. The van der Waals surface area contributed by atoms with Crippen molar-refractivity contribution in [3.63, 3.8) is 0 Å². The van der Waals surface area contributed by atoms with Crippen molar-refractivity contribution in [2.75, 3.05) is 11.9 Å². The third-order valence-corrected chi connectivity index (χ3v) is 3.48. The molecular formula is C19H16N2O2. The van der Waals surface area contributed by atoms with Crippen LogP contribution >= 0.6 is 0 Å². The lowest BCUT2D eigenvalue weighted by atomic mass is 10.1. The van der Waals surface area contributed by atoms with E-state index in [1.165, 1.54) is 0 Å². The molecule has 0 spiro atoms. The van der Waals surface area contributed by atoms with Crippen molar-refractivity contribution in [2.24, 2.45) is 0 Å². The van der Waals surface area contributed by atoms with Crippen molar-refractivity contribution in [1.29, 1.82) is 0 Å². The summed E-state index contributed by atoms with van der Waals surface area (Å²) in [6.07, 6.45) is 0. The van der Waals surface area contributed by atoms with Crippen molar-refractivity contribution in [3.8, 4) is 0 Å². The molecule has 3 rings (SSSR count). The van der Waals surface area contributed by atoms with E-state index >= 15 is 0 Å². The molecule has 4 heteroatoms. The third kappa shape index (κ3) is 3.74. The van der Waals surface area contributed by atoms with Gasteiger partial charge in [-0.2, -0.15) is 0 Å². The maximum Gasteiger partial charge on any atom is 0.251 e. The Morgan fingerprint density at radius 2 is 1.48 bits per heavy atom. The average Bonchev–Trinajstić information content (AvgIpc) is 2.60. The van der Waals surface area contributed by atoms with Crippen LogP contribution in [0.3, 0.4) is 0 Å². The molecule has 0 aliphatic rings. The van der Waals surface area contributed by atoms with E-state index in [1.54, 1.807) is 18.2 Å². The van der Waals surface area contributed by atoms with Crippen molar-refractivity contribution < 1.29 is 9.59 Å². The van der Waals surface area contributed by atoms with Gasteiger partial charge in [0.25, 0.3) is 5.91 Å². The molecule has 0 aliphatic carbocycles. The summed E-state index contributed by atoms with van der Waals surface area (Å²) < 4.78 is 0. The molecule has 0 saturated heterocycles. The maximum atomic E-state index is 12.2. The summed E-state index contributed by atoms with van der Waals surface area (Å²) in [6, 6.07) is 22.4. The number of benzene rings is 3. The molecule has 114 valence electrons. The van der Waals surface area contributed by atoms with Crippen LogP contribution in [0.5, 0.6) is 0 Å². The molecule has 4 nitrogen and oxygen atoms in total. The minimum absolute atomic E-state index is 0.0689. The molecule has 0 heterocycles. The predicted molar refractivity (Wildman–Crippen MR) is 91.4 cm³/mol. The van der Waals surface area contributed by atoms with Gasteiger partial charge >= 0.3 is 0 Å². The highest BCUT2D eigenvalue weighted by Crippen LogP contribution is 2.15. The topological polar surface area (TPSA) is 58.2 Å². The number of hydrogen-bond acceptors (Lipinski definition) is 2. The Bertz CT molecular complexity index is 844. The van der Waals surface area contributed by atoms with E-state index in [0.717, 1.165) is 10.8 Å². The highest BCUT2D eigenvalue weighted by atomic mass is 16.2. The minimum atomic E-state index is -0.265. The molecule has 2 N–H and O–H groups in total. The molecule has 0 radical (unpaired) electrons. The molecule has 0 aromatic heterocycles. The minimum Gasteiger partial charge on any atom is -0.343 e. The molecule has 0 saturated carbocycles. The molecule has 0 unspecified atom stereocenters. The fourth-order valence-electron chi connectivity index (χ4n) is 2.32. The maximum absolute atomic E-state index is 12.2. The van der Waals surface area contributed by atoms with Gasteiger partial charge in [-0.25, -0.2) is 0 Å². The smallest absolute Gasteiger partial charge is 0.251 e. The summed E-state index contributed by atoms with van der Waals surface area (Å²) in [5.74, 6) is -0.524. The Labute approximate surface area is 134 Å². The lowest BCUT2D eigenvalue weighted by Crippen LogP contribution is -2.32. The van der Waals surface area contributed by atoms with Gasteiger partial charge in [0.2, 0.25) is 5.91 Å². The number of amides is 2.